The van der Waals surface area contributed by atoms with Crippen LogP contribution in [-0.2, 0) is 4.74 Å². The van der Waals surface area contributed by atoms with Crippen LogP contribution >= 0.6 is 11.6 Å². The number of carbonyl (C=O) groups excluding carboxylic acids is 1. The van der Waals surface area contributed by atoms with Gasteiger partial charge in [-0.1, -0.05) is 11.6 Å². The van der Waals surface area contributed by atoms with E-state index in [2.05, 4.69) is 10.2 Å². The van der Waals surface area contributed by atoms with Crippen LogP contribution in [0.3, 0.4) is 0 Å². The molecule has 3 rings (SSSR count). The first-order valence-corrected chi connectivity index (χ1v) is 6.16. The zero-order valence-corrected chi connectivity index (χ0v) is 11.5. The monoisotopic (exact) mass is 291 g/mol. The van der Waals surface area contributed by atoms with E-state index in [-0.39, 0.29) is 0 Å². The molecule has 3 aromatic heterocycles. The Balaban J connectivity index is 2.24. The van der Waals surface area contributed by atoms with Gasteiger partial charge in [-0.3, -0.25) is 4.40 Å². The molecule has 0 saturated heterocycles. The number of nitrogens with zero attached hydrogens (tertiary/aromatic N) is 3. The van der Waals surface area contributed by atoms with E-state index in [0.717, 1.165) is 11.3 Å². The highest BCUT2D eigenvalue weighted by atomic mass is 35.5. The maximum atomic E-state index is 11.6. The SMILES string of the molecule is COC(=O)c1cc(Cl)c2nnc(-c3coc(C)c3)n2c1. The lowest BCUT2D eigenvalue weighted by Crippen LogP contribution is -2.03. The van der Waals surface area contributed by atoms with Crippen LogP contribution < -0.4 is 0 Å². The molecule has 0 saturated carbocycles. The quantitative estimate of drug-likeness (QED) is 0.679. The maximum absolute atomic E-state index is 11.6. The van der Waals surface area contributed by atoms with Crippen LogP contribution in [0.1, 0.15) is 16.1 Å². The molecule has 0 atom stereocenters. The number of carbonyl (C=O) groups is 1. The Morgan fingerprint density at radius 1 is 1.40 bits per heavy atom. The first kappa shape index (κ1) is 12.7. The molecule has 0 aromatic carbocycles. The summed E-state index contributed by atoms with van der Waals surface area (Å²) in [7, 11) is 1.31. The second-order valence-corrected chi connectivity index (χ2v) is 4.64. The number of aryl methyl sites for hydroxylation is 1. The van der Waals surface area contributed by atoms with E-state index in [1.165, 1.54) is 13.2 Å². The Hall–Kier alpha value is -2.34. The molecule has 6 nitrogen and oxygen atoms in total. The number of furan rings is 1. The van der Waals surface area contributed by atoms with Gasteiger partial charge in [0.1, 0.15) is 12.0 Å². The molecule has 7 heteroatoms. The van der Waals surface area contributed by atoms with E-state index >= 15 is 0 Å². The van der Waals surface area contributed by atoms with Gasteiger partial charge in [0.2, 0.25) is 0 Å². The van der Waals surface area contributed by atoms with E-state index in [1.54, 1.807) is 16.9 Å². The highest BCUT2D eigenvalue weighted by Gasteiger charge is 2.16. The Kier molecular flexibility index (Phi) is 2.94. The fourth-order valence-electron chi connectivity index (χ4n) is 1.94. The second-order valence-electron chi connectivity index (χ2n) is 4.23. The molecular formula is C13H10ClN3O3. The van der Waals surface area contributed by atoms with Crippen molar-refractivity contribution in [1.82, 2.24) is 14.6 Å². The van der Waals surface area contributed by atoms with Crippen molar-refractivity contribution in [2.24, 2.45) is 0 Å². The summed E-state index contributed by atoms with van der Waals surface area (Å²) in [6, 6.07) is 3.33. The Labute approximate surface area is 118 Å². The predicted octanol–water partition coefficient (Wildman–Crippen LogP) is 2.74. The summed E-state index contributed by atoms with van der Waals surface area (Å²) < 4.78 is 11.6. The van der Waals surface area contributed by atoms with Crippen LogP contribution in [0.25, 0.3) is 17.0 Å². The van der Waals surface area contributed by atoms with Gasteiger partial charge in [0.05, 0.1) is 23.3 Å². The standard InChI is InChI=1S/C13H10ClN3O3/c1-7-3-9(6-20-7)11-15-16-12-10(14)4-8(5-17(11)12)13(18)19-2/h3-6H,1-2H3. The van der Waals surface area contributed by atoms with Crippen LogP contribution in [0, 0.1) is 6.92 Å². The minimum absolute atomic E-state index is 0.325. The van der Waals surface area contributed by atoms with Gasteiger partial charge in [0.25, 0.3) is 0 Å². The average Bonchev–Trinajstić information content (AvgIpc) is 3.03. The zero-order chi connectivity index (χ0) is 14.3. The molecule has 102 valence electrons. The third kappa shape index (κ3) is 1.94. The fraction of sp³-hybridized carbons (Fsp3) is 0.154. The molecule has 0 radical (unpaired) electrons. The Bertz CT molecular complexity index is 806. The van der Waals surface area contributed by atoms with E-state index in [4.69, 9.17) is 20.8 Å². The fourth-order valence-corrected chi connectivity index (χ4v) is 2.19. The molecule has 3 aromatic rings. The lowest BCUT2D eigenvalue weighted by molar-refractivity contribution is 0.0600. The predicted molar refractivity (Wildman–Crippen MR) is 71.8 cm³/mol. The Morgan fingerprint density at radius 3 is 2.85 bits per heavy atom. The van der Waals surface area contributed by atoms with Gasteiger partial charge < -0.3 is 9.15 Å². The number of esters is 1. The van der Waals surface area contributed by atoms with Crippen molar-refractivity contribution in [2.45, 2.75) is 6.92 Å². The Morgan fingerprint density at radius 2 is 2.20 bits per heavy atom. The van der Waals surface area contributed by atoms with Crippen molar-refractivity contribution in [3.05, 3.63) is 40.9 Å². The summed E-state index contributed by atoms with van der Waals surface area (Å²) in [6.45, 7) is 1.83. The number of aromatic nitrogens is 3. The molecule has 0 amide bonds. The number of methoxy groups -OCH3 is 1. The van der Waals surface area contributed by atoms with Crippen molar-refractivity contribution < 1.29 is 13.9 Å². The van der Waals surface area contributed by atoms with Crippen LogP contribution in [0.15, 0.2) is 29.0 Å². The molecule has 0 aliphatic rings. The first-order valence-electron chi connectivity index (χ1n) is 5.78. The first-order chi connectivity index (χ1) is 9.60. The highest BCUT2D eigenvalue weighted by molar-refractivity contribution is 6.33. The molecule has 0 aliphatic heterocycles. The third-order valence-electron chi connectivity index (χ3n) is 2.87. The third-order valence-corrected chi connectivity index (χ3v) is 3.15. The number of halogens is 1. The van der Waals surface area contributed by atoms with Gasteiger partial charge in [-0.05, 0) is 19.1 Å². The second kappa shape index (κ2) is 4.64. The number of pyridine rings is 1. The van der Waals surface area contributed by atoms with Gasteiger partial charge in [0, 0.05) is 6.20 Å². The summed E-state index contributed by atoms with van der Waals surface area (Å²) in [5.74, 6) is 0.827. The molecule has 0 N–H and O–H groups in total. The van der Waals surface area contributed by atoms with Crippen LogP contribution in [-0.4, -0.2) is 27.7 Å². The summed E-state index contributed by atoms with van der Waals surface area (Å²) in [5, 5.41) is 8.43. The maximum Gasteiger partial charge on any atom is 0.339 e. The molecular weight excluding hydrogens is 282 g/mol. The summed E-state index contributed by atoms with van der Waals surface area (Å²) >= 11 is 6.11. The van der Waals surface area contributed by atoms with Gasteiger partial charge in [-0.15, -0.1) is 10.2 Å². The van der Waals surface area contributed by atoms with Crippen LogP contribution in [0.5, 0.6) is 0 Å². The van der Waals surface area contributed by atoms with Gasteiger partial charge in [-0.2, -0.15) is 0 Å². The lowest BCUT2D eigenvalue weighted by Gasteiger charge is -2.03. The number of hydrogen-bond acceptors (Lipinski definition) is 5. The molecule has 0 unspecified atom stereocenters. The molecule has 20 heavy (non-hydrogen) atoms. The molecule has 3 heterocycles. The van der Waals surface area contributed by atoms with Gasteiger partial charge in [0.15, 0.2) is 11.5 Å². The minimum Gasteiger partial charge on any atom is -0.469 e. The zero-order valence-electron chi connectivity index (χ0n) is 10.8. The van der Waals surface area contributed by atoms with Crippen molar-refractivity contribution >= 4 is 23.2 Å². The average molecular weight is 292 g/mol. The smallest absolute Gasteiger partial charge is 0.339 e. The van der Waals surface area contributed by atoms with Crippen molar-refractivity contribution in [3.63, 3.8) is 0 Å². The molecule has 0 aliphatic carbocycles. The van der Waals surface area contributed by atoms with E-state index in [1.807, 2.05) is 13.0 Å². The largest absolute Gasteiger partial charge is 0.469 e. The van der Waals surface area contributed by atoms with Crippen LogP contribution in [0.2, 0.25) is 5.02 Å². The molecule has 0 fully saturated rings. The van der Waals surface area contributed by atoms with Crippen molar-refractivity contribution in [3.8, 4) is 11.4 Å². The van der Waals surface area contributed by atoms with E-state index in [9.17, 15) is 4.79 Å². The number of hydrogen-bond donors (Lipinski definition) is 0. The number of rotatable bonds is 2. The summed E-state index contributed by atoms with van der Waals surface area (Å²) in [5.41, 5.74) is 1.55. The summed E-state index contributed by atoms with van der Waals surface area (Å²) in [6.07, 6.45) is 3.16. The lowest BCUT2D eigenvalue weighted by atomic mass is 10.2. The minimum atomic E-state index is -0.475. The number of ether oxygens (including phenoxy) is 1. The summed E-state index contributed by atoms with van der Waals surface area (Å²) in [4.78, 5) is 11.6. The van der Waals surface area contributed by atoms with Gasteiger partial charge in [-0.25, -0.2) is 4.79 Å². The highest BCUT2D eigenvalue weighted by Crippen LogP contribution is 2.25. The van der Waals surface area contributed by atoms with Gasteiger partial charge >= 0.3 is 5.97 Å². The van der Waals surface area contributed by atoms with E-state index in [0.29, 0.717) is 22.1 Å². The topological polar surface area (TPSA) is 69.6 Å². The van der Waals surface area contributed by atoms with Crippen molar-refractivity contribution in [2.75, 3.05) is 7.11 Å². The van der Waals surface area contributed by atoms with Crippen LogP contribution in [0.4, 0.5) is 0 Å². The normalized spacial score (nSPS) is 10.9. The molecule has 0 bridgehead atoms. The molecule has 0 spiro atoms. The number of fused-ring (bicyclic) bond motifs is 1. The van der Waals surface area contributed by atoms with Crippen molar-refractivity contribution in [1.29, 1.82) is 0 Å². The van der Waals surface area contributed by atoms with E-state index < -0.39 is 5.97 Å².